The Morgan fingerprint density at radius 3 is 2.76 bits per heavy atom. The van der Waals surface area contributed by atoms with Gasteiger partial charge in [-0.1, -0.05) is 25.3 Å². The van der Waals surface area contributed by atoms with E-state index in [2.05, 4.69) is 14.9 Å². The van der Waals surface area contributed by atoms with Gasteiger partial charge in [0, 0.05) is 35.8 Å². The number of nitrogens with one attached hydrogen (secondary N) is 1. The van der Waals surface area contributed by atoms with Crippen LogP contribution >= 0.6 is 11.3 Å². The second-order valence-electron chi connectivity index (χ2n) is 7.76. The van der Waals surface area contributed by atoms with Crippen molar-refractivity contribution < 1.29 is 9.84 Å². The summed E-state index contributed by atoms with van der Waals surface area (Å²) in [7, 11) is 0. The number of hydrogen-bond acceptors (Lipinski definition) is 6. The minimum Gasteiger partial charge on any atom is -0.396 e. The van der Waals surface area contributed by atoms with Crippen LogP contribution in [-0.4, -0.2) is 58.9 Å². The number of rotatable bonds is 3. The van der Waals surface area contributed by atoms with Crippen molar-refractivity contribution in [2.24, 2.45) is 0 Å². The van der Waals surface area contributed by atoms with Gasteiger partial charge >= 0.3 is 0 Å². The third kappa shape index (κ3) is 4.86. The maximum Gasteiger partial charge on any atom is 0.260 e. The normalized spacial score (nSPS) is 18.7. The summed E-state index contributed by atoms with van der Waals surface area (Å²) in [4.78, 5) is 21.9. The lowest BCUT2D eigenvalue weighted by molar-refractivity contribution is 0.00858. The second-order valence-corrected chi connectivity index (χ2v) is 8.79. The molecule has 6 nitrogen and oxygen atoms in total. The number of aromatic nitrogens is 2. The molecule has 3 heterocycles. The smallest absolute Gasteiger partial charge is 0.260 e. The molecule has 0 unspecified atom stereocenters. The minimum absolute atomic E-state index is 0.109. The van der Waals surface area contributed by atoms with E-state index in [9.17, 15) is 4.79 Å². The van der Waals surface area contributed by atoms with Crippen LogP contribution in [0.25, 0.3) is 20.3 Å². The van der Waals surface area contributed by atoms with E-state index in [0.29, 0.717) is 11.8 Å². The van der Waals surface area contributed by atoms with Crippen LogP contribution in [0.2, 0.25) is 0 Å². The Bertz CT molecular complexity index is 972. The van der Waals surface area contributed by atoms with E-state index < -0.39 is 0 Å². The number of thiophene rings is 1. The van der Waals surface area contributed by atoms with Crippen LogP contribution in [0, 0.1) is 0 Å². The maximum absolute atomic E-state index is 11.8. The van der Waals surface area contributed by atoms with Crippen molar-refractivity contribution in [1.29, 1.82) is 0 Å². The Balaban J connectivity index is 0.000000150. The number of H-pyrrole nitrogens is 1. The summed E-state index contributed by atoms with van der Waals surface area (Å²) in [5, 5.41) is 10.5. The number of aromatic amines is 1. The van der Waals surface area contributed by atoms with Gasteiger partial charge in [-0.05, 0) is 37.0 Å². The molecule has 2 N–H and O–H groups in total. The molecule has 7 heteroatoms. The van der Waals surface area contributed by atoms with Crippen LogP contribution in [-0.2, 0) is 11.2 Å². The van der Waals surface area contributed by atoms with E-state index in [-0.39, 0.29) is 12.2 Å². The van der Waals surface area contributed by atoms with Crippen molar-refractivity contribution in [3.63, 3.8) is 0 Å². The Labute approximate surface area is 174 Å². The van der Waals surface area contributed by atoms with Crippen molar-refractivity contribution in [3.05, 3.63) is 40.4 Å². The van der Waals surface area contributed by atoms with E-state index in [4.69, 9.17) is 9.84 Å². The molecule has 1 saturated carbocycles. The van der Waals surface area contributed by atoms with E-state index in [1.165, 1.54) is 62.9 Å². The van der Waals surface area contributed by atoms with Gasteiger partial charge < -0.3 is 14.8 Å². The zero-order chi connectivity index (χ0) is 20.1. The van der Waals surface area contributed by atoms with Crippen molar-refractivity contribution in [1.82, 2.24) is 14.9 Å². The zero-order valence-electron chi connectivity index (χ0n) is 16.7. The Morgan fingerprint density at radius 1 is 1.21 bits per heavy atom. The fourth-order valence-corrected chi connectivity index (χ4v) is 5.36. The zero-order valence-corrected chi connectivity index (χ0v) is 17.5. The number of benzene rings is 1. The third-order valence-corrected chi connectivity index (χ3v) is 6.95. The Morgan fingerprint density at radius 2 is 2.00 bits per heavy atom. The van der Waals surface area contributed by atoms with E-state index in [1.54, 1.807) is 0 Å². The first-order valence-corrected chi connectivity index (χ1v) is 11.4. The molecule has 0 amide bonds. The number of nitrogens with zero attached hydrogens (tertiary/aromatic N) is 2. The molecule has 1 aromatic carbocycles. The number of ether oxygens (including phenoxy) is 1. The fraction of sp³-hybridized carbons (Fsp3) is 0.545. The van der Waals surface area contributed by atoms with Crippen molar-refractivity contribution in [2.75, 3.05) is 32.9 Å². The lowest BCUT2D eigenvalue weighted by atomic mass is 9.94. The largest absolute Gasteiger partial charge is 0.396 e. The van der Waals surface area contributed by atoms with Gasteiger partial charge in [-0.3, -0.25) is 9.69 Å². The molecule has 29 heavy (non-hydrogen) atoms. The molecule has 0 bridgehead atoms. The van der Waals surface area contributed by atoms with Crippen LogP contribution in [0.3, 0.4) is 0 Å². The predicted molar refractivity (Wildman–Crippen MR) is 118 cm³/mol. The fourth-order valence-electron chi connectivity index (χ4n) is 4.34. The highest BCUT2D eigenvalue weighted by atomic mass is 32.1. The molecule has 3 aromatic rings. The second kappa shape index (κ2) is 9.80. The average Bonchev–Trinajstić information content (AvgIpc) is 3.15. The monoisotopic (exact) mass is 415 g/mol. The maximum atomic E-state index is 11.8. The summed E-state index contributed by atoms with van der Waals surface area (Å²) in [5.41, 5.74) is 0.922. The Hall–Kier alpha value is -1.80. The van der Waals surface area contributed by atoms with Gasteiger partial charge in [0.1, 0.15) is 4.83 Å². The van der Waals surface area contributed by atoms with Crippen LogP contribution in [0.1, 0.15) is 37.7 Å². The highest BCUT2D eigenvalue weighted by Gasteiger charge is 2.22. The van der Waals surface area contributed by atoms with E-state index >= 15 is 0 Å². The molecule has 5 rings (SSSR count). The third-order valence-electron chi connectivity index (χ3n) is 5.88. The summed E-state index contributed by atoms with van der Waals surface area (Å²) in [6, 6.07) is 6.80. The number of aliphatic hydroxyl groups is 1. The molecule has 0 radical (unpaired) electrons. The molecule has 2 aromatic heterocycles. The molecule has 156 valence electrons. The summed E-state index contributed by atoms with van der Waals surface area (Å²) in [6.07, 6.45) is 9.24. The summed E-state index contributed by atoms with van der Waals surface area (Å²) < 4.78 is 6.40. The van der Waals surface area contributed by atoms with Gasteiger partial charge in [-0.15, -0.1) is 11.3 Å². The first kappa shape index (κ1) is 20.5. The lowest BCUT2D eigenvalue weighted by Crippen LogP contribution is -2.44. The number of morpholine rings is 1. The van der Waals surface area contributed by atoms with Crippen LogP contribution < -0.4 is 5.56 Å². The molecule has 2 fully saturated rings. The van der Waals surface area contributed by atoms with Crippen molar-refractivity contribution >= 4 is 31.6 Å². The SMILES string of the molecule is C1CCC(N2CCOCC2)CC1.O=c1[nH]cnc2sc3ccc(CCO)cc3c12. The van der Waals surface area contributed by atoms with Gasteiger partial charge in [-0.2, -0.15) is 0 Å². The quantitative estimate of drug-likeness (QED) is 0.686. The van der Waals surface area contributed by atoms with Crippen LogP contribution in [0.15, 0.2) is 29.3 Å². The van der Waals surface area contributed by atoms with Crippen molar-refractivity contribution in [3.8, 4) is 0 Å². The standard InChI is InChI=1S/C12H10N2O2S.C10H19NO/c15-4-3-7-1-2-9-8(5-7)10-11(16)13-6-14-12(10)17-9;1-2-4-10(5-3-1)11-6-8-12-9-7-11/h1-2,5-6,15H,3-4H2,(H,13,14,16);10H,1-9H2. The Kier molecular flexibility index (Phi) is 6.92. The van der Waals surface area contributed by atoms with Crippen LogP contribution in [0.5, 0.6) is 0 Å². The minimum atomic E-state index is -0.109. The molecule has 1 aliphatic carbocycles. The molecule has 1 aliphatic heterocycles. The molecule has 2 aliphatic rings. The van der Waals surface area contributed by atoms with Gasteiger partial charge in [-0.25, -0.2) is 4.98 Å². The van der Waals surface area contributed by atoms with Gasteiger partial charge in [0.15, 0.2) is 0 Å². The van der Waals surface area contributed by atoms with Crippen LogP contribution in [0.4, 0.5) is 0 Å². The summed E-state index contributed by atoms with van der Waals surface area (Å²) >= 11 is 1.51. The first-order valence-electron chi connectivity index (χ1n) is 10.6. The van der Waals surface area contributed by atoms with E-state index in [1.807, 2.05) is 18.2 Å². The molecular formula is C22H29N3O3S. The number of aliphatic hydroxyl groups excluding tert-OH is 1. The van der Waals surface area contributed by atoms with Gasteiger partial charge in [0.05, 0.1) is 24.9 Å². The predicted octanol–water partition coefficient (Wildman–Crippen LogP) is 3.32. The van der Waals surface area contributed by atoms with Gasteiger partial charge in [0.2, 0.25) is 0 Å². The van der Waals surface area contributed by atoms with Crippen molar-refractivity contribution in [2.45, 2.75) is 44.6 Å². The summed E-state index contributed by atoms with van der Waals surface area (Å²) in [6.45, 7) is 4.37. The molecular weight excluding hydrogens is 386 g/mol. The molecule has 0 atom stereocenters. The highest BCUT2D eigenvalue weighted by Crippen LogP contribution is 2.30. The molecule has 1 saturated heterocycles. The first-order chi connectivity index (χ1) is 14.3. The number of hydrogen-bond donors (Lipinski definition) is 2. The number of fused-ring (bicyclic) bond motifs is 3. The molecule has 0 spiro atoms. The lowest BCUT2D eigenvalue weighted by Gasteiger charge is -2.36. The van der Waals surface area contributed by atoms with Gasteiger partial charge in [0.25, 0.3) is 5.56 Å². The van der Waals surface area contributed by atoms with E-state index in [0.717, 1.165) is 39.7 Å². The summed E-state index contributed by atoms with van der Waals surface area (Å²) in [5.74, 6) is 0. The highest BCUT2D eigenvalue weighted by molar-refractivity contribution is 7.25. The topological polar surface area (TPSA) is 78.5 Å². The average molecular weight is 416 g/mol.